The van der Waals surface area contributed by atoms with E-state index in [4.69, 9.17) is 41.5 Å². The molecule has 0 spiro atoms. The first kappa shape index (κ1) is 21.1. The molecule has 154 valence electrons. The zero-order chi connectivity index (χ0) is 20.8. The smallest absolute Gasteiger partial charge is 0.141 e. The lowest BCUT2D eigenvalue weighted by molar-refractivity contribution is -0.0276. The van der Waals surface area contributed by atoms with Crippen LogP contribution in [-0.2, 0) is 11.3 Å². The summed E-state index contributed by atoms with van der Waals surface area (Å²) in [7, 11) is 3.27. The molecule has 1 aliphatic rings. The van der Waals surface area contributed by atoms with Crippen LogP contribution in [0.3, 0.4) is 0 Å². The van der Waals surface area contributed by atoms with Crippen molar-refractivity contribution in [3.63, 3.8) is 0 Å². The monoisotopic (exact) mass is 417 g/mol. The fourth-order valence-corrected chi connectivity index (χ4v) is 3.39. The average molecular weight is 418 g/mol. The SMILES string of the molecule is COc1ccc(CN2CCOC[C@H]2COc2cc(C#N)cc(N)c2Cl)c(OC)c1. The fraction of sp³-hybridized carbons (Fsp3) is 0.381. The molecule has 1 fully saturated rings. The second kappa shape index (κ2) is 9.70. The normalized spacial score (nSPS) is 16.8. The first-order chi connectivity index (χ1) is 14.0. The van der Waals surface area contributed by atoms with Crippen molar-refractivity contribution in [3.05, 3.63) is 46.5 Å². The highest BCUT2D eigenvalue weighted by molar-refractivity contribution is 6.34. The summed E-state index contributed by atoms with van der Waals surface area (Å²) in [6.45, 7) is 2.97. The van der Waals surface area contributed by atoms with Crippen molar-refractivity contribution in [3.8, 4) is 23.3 Å². The van der Waals surface area contributed by atoms with Crippen LogP contribution in [0.15, 0.2) is 30.3 Å². The van der Waals surface area contributed by atoms with E-state index in [2.05, 4.69) is 11.0 Å². The lowest BCUT2D eigenvalue weighted by atomic mass is 10.1. The van der Waals surface area contributed by atoms with E-state index in [0.29, 0.717) is 48.4 Å². The molecular weight excluding hydrogens is 394 g/mol. The number of methoxy groups -OCH3 is 2. The lowest BCUT2D eigenvalue weighted by Crippen LogP contribution is -2.48. The summed E-state index contributed by atoms with van der Waals surface area (Å²) in [5, 5.41) is 9.44. The van der Waals surface area contributed by atoms with Gasteiger partial charge in [0.05, 0.1) is 50.8 Å². The molecule has 2 N–H and O–H groups in total. The molecule has 1 aliphatic heterocycles. The molecule has 0 bridgehead atoms. The van der Waals surface area contributed by atoms with E-state index in [-0.39, 0.29) is 6.04 Å². The molecule has 1 heterocycles. The highest BCUT2D eigenvalue weighted by Crippen LogP contribution is 2.32. The summed E-state index contributed by atoms with van der Waals surface area (Å²) in [4.78, 5) is 2.28. The Morgan fingerprint density at radius 1 is 1.24 bits per heavy atom. The molecule has 0 aliphatic carbocycles. The predicted octanol–water partition coefficient (Wildman–Crippen LogP) is 3.09. The van der Waals surface area contributed by atoms with Gasteiger partial charge < -0.3 is 24.7 Å². The van der Waals surface area contributed by atoms with Crippen molar-refractivity contribution in [1.82, 2.24) is 4.90 Å². The average Bonchev–Trinajstić information content (AvgIpc) is 2.75. The Labute approximate surface area is 175 Å². The third-order valence-electron chi connectivity index (χ3n) is 4.84. The van der Waals surface area contributed by atoms with Crippen LogP contribution in [0.2, 0.25) is 5.02 Å². The van der Waals surface area contributed by atoms with E-state index in [1.54, 1.807) is 20.3 Å². The number of anilines is 1. The van der Waals surface area contributed by atoms with Crippen molar-refractivity contribution in [2.24, 2.45) is 0 Å². The van der Waals surface area contributed by atoms with Crippen LogP contribution in [0.1, 0.15) is 11.1 Å². The lowest BCUT2D eigenvalue weighted by Gasteiger charge is -2.35. The van der Waals surface area contributed by atoms with Gasteiger partial charge in [0, 0.05) is 24.7 Å². The van der Waals surface area contributed by atoms with E-state index in [1.807, 2.05) is 18.2 Å². The molecule has 1 atom stereocenters. The first-order valence-electron chi connectivity index (χ1n) is 9.20. The molecule has 29 heavy (non-hydrogen) atoms. The number of nitrogens with zero attached hydrogens (tertiary/aromatic N) is 2. The maximum absolute atomic E-state index is 9.13. The molecule has 2 aromatic carbocycles. The predicted molar refractivity (Wildman–Crippen MR) is 111 cm³/mol. The van der Waals surface area contributed by atoms with Crippen molar-refractivity contribution in [1.29, 1.82) is 5.26 Å². The Bertz CT molecular complexity index is 900. The van der Waals surface area contributed by atoms with E-state index in [0.717, 1.165) is 23.6 Å². The minimum absolute atomic E-state index is 0.0126. The minimum atomic E-state index is 0.0126. The van der Waals surface area contributed by atoms with Gasteiger partial charge in [-0.15, -0.1) is 0 Å². The van der Waals surface area contributed by atoms with Crippen LogP contribution in [0.4, 0.5) is 5.69 Å². The molecule has 7 nitrogen and oxygen atoms in total. The van der Waals surface area contributed by atoms with Crippen LogP contribution in [0, 0.1) is 11.3 Å². The summed E-state index contributed by atoms with van der Waals surface area (Å²) >= 11 is 6.24. The van der Waals surface area contributed by atoms with Crippen LogP contribution in [0.25, 0.3) is 0 Å². The highest BCUT2D eigenvalue weighted by Gasteiger charge is 2.25. The number of halogens is 1. The molecular formula is C21H24ClN3O4. The number of nitrogens with two attached hydrogens (primary N) is 1. The Morgan fingerprint density at radius 2 is 2.07 bits per heavy atom. The van der Waals surface area contributed by atoms with Gasteiger partial charge >= 0.3 is 0 Å². The molecule has 1 saturated heterocycles. The Kier molecular flexibility index (Phi) is 7.04. The molecule has 0 saturated carbocycles. The standard InChI is InChI=1S/C21H24ClN3O4/c1-26-17-4-3-15(19(9-17)27-2)11-25-5-6-28-12-16(25)13-29-20-8-14(10-23)7-18(24)21(20)22/h3-4,7-9,16H,5-6,11-13,24H2,1-2H3/t16-/m0/s1. The molecule has 3 rings (SSSR count). The number of nitriles is 1. The van der Waals surface area contributed by atoms with E-state index < -0.39 is 0 Å². The molecule has 2 aromatic rings. The Balaban J connectivity index is 1.73. The van der Waals surface area contributed by atoms with Crippen molar-refractivity contribution >= 4 is 17.3 Å². The topological polar surface area (TPSA) is 90.0 Å². The van der Waals surface area contributed by atoms with Gasteiger partial charge in [-0.1, -0.05) is 17.7 Å². The van der Waals surface area contributed by atoms with Gasteiger partial charge in [0.1, 0.15) is 28.9 Å². The summed E-state index contributed by atoms with van der Waals surface area (Å²) in [6.07, 6.45) is 0. The molecule has 8 heteroatoms. The third kappa shape index (κ3) is 5.04. The number of hydrogen-bond donors (Lipinski definition) is 1. The van der Waals surface area contributed by atoms with Crippen LogP contribution in [0.5, 0.6) is 17.2 Å². The number of ether oxygens (including phenoxy) is 4. The summed E-state index contributed by atoms with van der Waals surface area (Å²) in [6, 6.07) is 11.0. The maximum atomic E-state index is 9.13. The summed E-state index contributed by atoms with van der Waals surface area (Å²) < 4.78 is 22.4. The zero-order valence-corrected chi connectivity index (χ0v) is 17.2. The fourth-order valence-electron chi connectivity index (χ4n) is 3.23. The maximum Gasteiger partial charge on any atom is 0.141 e. The summed E-state index contributed by atoms with van der Waals surface area (Å²) in [5.74, 6) is 1.92. The first-order valence-corrected chi connectivity index (χ1v) is 9.58. The number of morpholine rings is 1. The number of benzene rings is 2. The number of rotatable bonds is 7. The van der Waals surface area contributed by atoms with Crippen molar-refractivity contribution in [2.45, 2.75) is 12.6 Å². The van der Waals surface area contributed by atoms with Gasteiger partial charge in [-0.25, -0.2) is 0 Å². The number of hydrogen-bond acceptors (Lipinski definition) is 7. The van der Waals surface area contributed by atoms with E-state index >= 15 is 0 Å². The molecule has 0 amide bonds. The highest BCUT2D eigenvalue weighted by atomic mass is 35.5. The van der Waals surface area contributed by atoms with Gasteiger partial charge in [0.25, 0.3) is 0 Å². The number of nitrogen functional groups attached to an aromatic ring is 1. The van der Waals surface area contributed by atoms with Crippen LogP contribution >= 0.6 is 11.6 Å². The third-order valence-corrected chi connectivity index (χ3v) is 5.25. The van der Waals surface area contributed by atoms with Gasteiger partial charge in [0.2, 0.25) is 0 Å². The molecule has 0 radical (unpaired) electrons. The second-order valence-electron chi connectivity index (χ2n) is 6.68. The van der Waals surface area contributed by atoms with E-state index in [9.17, 15) is 0 Å². The van der Waals surface area contributed by atoms with Gasteiger partial charge in [-0.05, 0) is 18.2 Å². The molecule has 0 unspecified atom stereocenters. The summed E-state index contributed by atoms with van der Waals surface area (Å²) in [5.41, 5.74) is 7.64. The zero-order valence-electron chi connectivity index (χ0n) is 16.5. The van der Waals surface area contributed by atoms with Crippen LogP contribution in [-0.4, -0.2) is 51.5 Å². The second-order valence-corrected chi connectivity index (χ2v) is 7.06. The van der Waals surface area contributed by atoms with E-state index in [1.165, 1.54) is 6.07 Å². The van der Waals surface area contributed by atoms with Crippen LogP contribution < -0.4 is 19.9 Å². The minimum Gasteiger partial charge on any atom is -0.497 e. The van der Waals surface area contributed by atoms with Crippen molar-refractivity contribution in [2.75, 3.05) is 46.3 Å². The van der Waals surface area contributed by atoms with Gasteiger partial charge in [-0.2, -0.15) is 5.26 Å². The van der Waals surface area contributed by atoms with Crippen molar-refractivity contribution < 1.29 is 18.9 Å². The van der Waals surface area contributed by atoms with Gasteiger partial charge in [0.15, 0.2) is 0 Å². The Morgan fingerprint density at radius 3 is 2.79 bits per heavy atom. The quantitative estimate of drug-likeness (QED) is 0.692. The Hall–Kier alpha value is -2.66. The van der Waals surface area contributed by atoms with Gasteiger partial charge in [-0.3, -0.25) is 4.90 Å². The molecule has 0 aromatic heterocycles. The largest absolute Gasteiger partial charge is 0.497 e.